The predicted molar refractivity (Wildman–Crippen MR) is 79.2 cm³/mol. The first-order valence-corrected chi connectivity index (χ1v) is 6.63. The maximum absolute atomic E-state index is 5.81. The number of hydrogen-bond donors (Lipinski definition) is 1. The maximum Gasteiger partial charge on any atom is 0.225 e. The van der Waals surface area contributed by atoms with E-state index in [1.807, 2.05) is 24.3 Å². The van der Waals surface area contributed by atoms with E-state index in [1.54, 1.807) is 12.4 Å². The van der Waals surface area contributed by atoms with Gasteiger partial charge < -0.3 is 10.6 Å². The van der Waals surface area contributed by atoms with E-state index >= 15 is 0 Å². The molecule has 5 heteroatoms. The van der Waals surface area contributed by atoms with E-state index in [0.717, 1.165) is 25.2 Å². The molecule has 0 bridgehead atoms. The van der Waals surface area contributed by atoms with Gasteiger partial charge >= 0.3 is 0 Å². The molecule has 0 spiro atoms. The van der Waals surface area contributed by atoms with E-state index in [0.29, 0.717) is 11.0 Å². The highest BCUT2D eigenvalue weighted by Crippen LogP contribution is 2.15. The Morgan fingerprint density at radius 3 is 2.37 bits per heavy atom. The topological polar surface area (TPSA) is 55.0 Å². The van der Waals surface area contributed by atoms with Crippen molar-refractivity contribution < 1.29 is 0 Å². The molecule has 100 valence electrons. The Morgan fingerprint density at radius 1 is 1.16 bits per heavy atom. The van der Waals surface area contributed by atoms with Crippen LogP contribution in [0.1, 0.15) is 18.9 Å². The van der Waals surface area contributed by atoms with Crippen LogP contribution in [0.4, 0.5) is 11.6 Å². The van der Waals surface area contributed by atoms with Crippen molar-refractivity contribution in [2.24, 2.45) is 0 Å². The number of aromatic nitrogens is 2. The smallest absolute Gasteiger partial charge is 0.225 e. The highest BCUT2D eigenvalue weighted by molar-refractivity contribution is 6.30. The molecular weight excluding hydrogens is 260 g/mol. The number of anilines is 2. The molecule has 2 N–H and O–H groups in total. The second-order valence-corrected chi connectivity index (χ2v) is 4.80. The summed E-state index contributed by atoms with van der Waals surface area (Å²) in [7, 11) is 0. The van der Waals surface area contributed by atoms with Crippen molar-refractivity contribution in [1.82, 2.24) is 9.97 Å². The van der Waals surface area contributed by atoms with Crippen LogP contribution in [0.15, 0.2) is 36.7 Å². The maximum atomic E-state index is 5.81. The molecule has 1 aromatic heterocycles. The Balaban J connectivity index is 2.15. The highest BCUT2D eigenvalue weighted by Gasteiger charge is 2.09. The van der Waals surface area contributed by atoms with Crippen molar-refractivity contribution in [3.8, 4) is 0 Å². The van der Waals surface area contributed by atoms with Gasteiger partial charge in [0.1, 0.15) is 0 Å². The Morgan fingerprint density at radius 2 is 1.79 bits per heavy atom. The zero-order valence-corrected chi connectivity index (χ0v) is 11.6. The fourth-order valence-electron chi connectivity index (χ4n) is 1.83. The van der Waals surface area contributed by atoms with Crippen LogP contribution in [-0.4, -0.2) is 16.5 Å². The minimum atomic E-state index is 0.549. The van der Waals surface area contributed by atoms with Crippen LogP contribution in [0, 0.1) is 0 Å². The standard InChI is InChI=1S/C14H17ClN4/c1-2-7-19(14-17-8-12(15)9-18-14)10-11-3-5-13(16)6-4-11/h3-6,8-9H,2,7,10,16H2,1H3. The van der Waals surface area contributed by atoms with Gasteiger partial charge in [-0.1, -0.05) is 30.7 Å². The molecule has 0 saturated heterocycles. The predicted octanol–water partition coefficient (Wildman–Crippen LogP) is 3.13. The average Bonchev–Trinajstić information content (AvgIpc) is 2.42. The molecule has 0 aliphatic carbocycles. The second kappa shape index (κ2) is 6.38. The van der Waals surface area contributed by atoms with Gasteiger partial charge in [0, 0.05) is 18.8 Å². The summed E-state index contributed by atoms with van der Waals surface area (Å²) in [6.07, 6.45) is 4.27. The summed E-state index contributed by atoms with van der Waals surface area (Å²) in [4.78, 5) is 10.7. The third kappa shape index (κ3) is 3.83. The molecule has 1 heterocycles. The van der Waals surface area contributed by atoms with Crippen LogP contribution in [-0.2, 0) is 6.54 Å². The minimum Gasteiger partial charge on any atom is -0.399 e. The van der Waals surface area contributed by atoms with Gasteiger partial charge in [0.05, 0.1) is 17.4 Å². The third-order valence-electron chi connectivity index (χ3n) is 2.74. The molecule has 0 unspecified atom stereocenters. The van der Waals surface area contributed by atoms with E-state index in [1.165, 1.54) is 5.56 Å². The van der Waals surface area contributed by atoms with Gasteiger partial charge in [-0.3, -0.25) is 0 Å². The number of halogens is 1. The van der Waals surface area contributed by atoms with Crippen LogP contribution in [0.25, 0.3) is 0 Å². The quantitative estimate of drug-likeness (QED) is 0.853. The highest BCUT2D eigenvalue weighted by atomic mass is 35.5. The molecule has 4 nitrogen and oxygen atoms in total. The molecule has 0 amide bonds. The number of rotatable bonds is 5. The monoisotopic (exact) mass is 276 g/mol. The fourth-order valence-corrected chi connectivity index (χ4v) is 1.93. The van der Waals surface area contributed by atoms with Crippen LogP contribution in [0.3, 0.4) is 0 Å². The normalized spacial score (nSPS) is 10.4. The molecule has 0 fully saturated rings. The van der Waals surface area contributed by atoms with E-state index < -0.39 is 0 Å². The van der Waals surface area contributed by atoms with Crippen LogP contribution in [0.2, 0.25) is 5.02 Å². The summed E-state index contributed by atoms with van der Waals surface area (Å²) in [6.45, 7) is 3.79. The van der Waals surface area contributed by atoms with Crippen molar-refractivity contribution >= 4 is 23.2 Å². The van der Waals surface area contributed by atoms with Crippen LogP contribution < -0.4 is 10.6 Å². The van der Waals surface area contributed by atoms with Gasteiger partial charge in [-0.05, 0) is 24.1 Å². The molecule has 0 radical (unpaired) electrons. The van der Waals surface area contributed by atoms with Crippen molar-refractivity contribution in [3.63, 3.8) is 0 Å². The van der Waals surface area contributed by atoms with Crippen molar-refractivity contribution in [1.29, 1.82) is 0 Å². The Kier molecular flexibility index (Phi) is 4.58. The summed E-state index contributed by atoms with van der Waals surface area (Å²) in [5, 5.41) is 0.549. The first kappa shape index (κ1) is 13.6. The average molecular weight is 277 g/mol. The summed E-state index contributed by atoms with van der Waals surface area (Å²) < 4.78 is 0. The summed E-state index contributed by atoms with van der Waals surface area (Å²) in [5.74, 6) is 0.697. The first-order chi connectivity index (χ1) is 9.19. The van der Waals surface area contributed by atoms with Gasteiger partial charge in [-0.15, -0.1) is 0 Å². The molecule has 0 aliphatic heterocycles. The molecule has 19 heavy (non-hydrogen) atoms. The first-order valence-electron chi connectivity index (χ1n) is 6.26. The number of nitrogens with two attached hydrogens (primary N) is 1. The molecule has 2 rings (SSSR count). The van der Waals surface area contributed by atoms with Gasteiger partial charge in [0.15, 0.2) is 0 Å². The van der Waals surface area contributed by atoms with E-state index in [2.05, 4.69) is 21.8 Å². The largest absolute Gasteiger partial charge is 0.399 e. The molecule has 0 aliphatic rings. The zero-order valence-electron chi connectivity index (χ0n) is 10.9. The molecule has 0 saturated carbocycles. The van der Waals surface area contributed by atoms with Crippen molar-refractivity contribution in [2.45, 2.75) is 19.9 Å². The SMILES string of the molecule is CCCN(Cc1ccc(N)cc1)c1ncc(Cl)cn1. The molecule has 2 aromatic rings. The zero-order chi connectivity index (χ0) is 13.7. The summed E-state index contributed by atoms with van der Waals surface area (Å²) in [5.41, 5.74) is 7.64. The lowest BCUT2D eigenvalue weighted by molar-refractivity contribution is 0.739. The van der Waals surface area contributed by atoms with Crippen LogP contribution >= 0.6 is 11.6 Å². The minimum absolute atomic E-state index is 0.549. The molecule has 1 aromatic carbocycles. The Hall–Kier alpha value is -1.81. The lowest BCUT2D eigenvalue weighted by Gasteiger charge is -2.22. The van der Waals surface area contributed by atoms with Gasteiger partial charge in [0.2, 0.25) is 5.95 Å². The van der Waals surface area contributed by atoms with Gasteiger partial charge in [-0.2, -0.15) is 0 Å². The summed E-state index contributed by atoms with van der Waals surface area (Å²) in [6, 6.07) is 7.85. The lowest BCUT2D eigenvalue weighted by Crippen LogP contribution is -2.25. The van der Waals surface area contributed by atoms with Crippen molar-refractivity contribution in [3.05, 3.63) is 47.2 Å². The Labute approximate surface area is 118 Å². The van der Waals surface area contributed by atoms with Gasteiger partial charge in [0.25, 0.3) is 0 Å². The summed E-state index contributed by atoms with van der Waals surface area (Å²) >= 11 is 5.81. The number of nitrogen functional groups attached to an aromatic ring is 1. The van der Waals surface area contributed by atoms with E-state index in [4.69, 9.17) is 17.3 Å². The third-order valence-corrected chi connectivity index (χ3v) is 2.93. The molecular formula is C14H17ClN4. The Bertz CT molecular complexity index is 510. The lowest BCUT2D eigenvalue weighted by atomic mass is 10.2. The number of hydrogen-bond acceptors (Lipinski definition) is 4. The van der Waals surface area contributed by atoms with Crippen LogP contribution in [0.5, 0.6) is 0 Å². The van der Waals surface area contributed by atoms with Gasteiger partial charge in [-0.25, -0.2) is 9.97 Å². The second-order valence-electron chi connectivity index (χ2n) is 4.36. The number of benzene rings is 1. The van der Waals surface area contributed by atoms with Crippen molar-refractivity contribution in [2.75, 3.05) is 17.2 Å². The van der Waals surface area contributed by atoms with E-state index in [9.17, 15) is 0 Å². The number of nitrogens with zero attached hydrogens (tertiary/aromatic N) is 3. The van der Waals surface area contributed by atoms with E-state index in [-0.39, 0.29) is 0 Å². The molecule has 0 atom stereocenters. The fraction of sp³-hybridized carbons (Fsp3) is 0.286.